The zero-order valence-electron chi connectivity index (χ0n) is 20.9. The minimum atomic E-state index is -4.15. The van der Waals surface area contributed by atoms with Crippen LogP contribution >= 0.6 is 7.82 Å². The quantitative estimate of drug-likeness (QED) is 0.0964. The van der Waals surface area contributed by atoms with E-state index in [1.54, 1.807) is 0 Å². The molecule has 0 saturated heterocycles. The lowest BCUT2D eigenvalue weighted by molar-refractivity contribution is -0.139. The predicted octanol–water partition coefficient (Wildman–Crippen LogP) is 3.13. The Balaban J connectivity index is -0.000000473. The molecule has 0 rings (SSSR count). The molecule has 10 nitrogen and oxygen atoms in total. The van der Waals surface area contributed by atoms with E-state index in [0.717, 1.165) is 59.0 Å². The van der Waals surface area contributed by atoms with Crippen molar-refractivity contribution in [2.75, 3.05) is 33.3 Å². The number of aliphatic carboxylic acids is 1. The number of rotatable bonds is 20. The van der Waals surface area contributed by atoms with Gasteiger partial charge >= 0.3 is 13.8 Å². The fourth-order valence-electron chi connectivity index (χ4n) is 2.74. The Labute approximate surface area is 201 Å². The van der Waals surface area contributed by atoms with Crippen molar-refractivity contribution in [3.63, 3.8) is 0 Å². The number of carboxylic acids is 1. The van der Waals surface area contributed by atoms with Crippen LogP contribution in [0.2, 0.25) is 0 Å². The molecule has 1 unspecified atom stereocenters. The Morgan fingerprint density at radius 1 is 0.879 bits per heavy atom. The number of carbonyl (C=O) groups is 1. The molecule has 0 amide bonds. The minimum absolute atomic E-state index is 0.114. The molecule has 0 bridgehead atoms. The van der Waals surface area contributed by atoms with Gasteiger partial charge in [-0.3, -0.25) is 9.32 Å². The predicted molar refractivity (Wildman–Crippen MR) is 134 cm³/mol. The second-order valence-electron chi connectivity index (χ2n) is 7.93. The standard InChI is InChI=1S/C14H28O3.C7H19N3.CH5O4P/c1-2-3-4-5-6-7-8-9-10-11-13(15)12-14(16)17;8-4-1-2-6-10-7-3-5-9;1-5-6(2,3)4/h13,15H,2-12H2,1H3,(H,16,17);10H,1-9H2;1H3,(H2,2,3,4). The Hall–Kier alpha value is -0.580. The summed E-state index contributed by atoms with van der Waals surface area (Å²) in [4.78, 5) is 25.7. The molecule has 202 valence electrons. The van der Waals surface area contributed by atoms with Crippen LogP contribution in [0.4, 0.5) is 0 Å². The van der Waals surface area contributed by atoms with Gasteiger partial charge in [-0.15, -0.1) is 0 Å². The number of carboxylic acid groups (broad SMARTS) is 1. The molecule has 33 heavy (non-hydrogen) atoms. The Morgan fingerprint density at radius 3 is 1.76 bits per heavy atom. The van der Waals surface area contributed by atoms with Crippen molar-refractivity contribution >= 4 is 13.8 Å². The number of phosphoric acid groups is 1. The van der Waals surface area contributed by atoms with Crippen LogP contribution in [-0.2, 0) is 13.9 Å². The third-order valence-electron chi connectivity index (χ3n) is 4.65. The van der Waals surface area contributed by atoms with E-state index in [9.17, 15) is 14.5 Å². The second kappa shape index (κ2) is 29.5. The van der Waals surface area contributed by atoms with Gasteiger partial charge in [-0.2, -0.15) is 0 Å². The normalized spacial score (nSPS) is 11.7. The Kier molecular flexibility index (Phi) is 33.0. The van der Waals surface area contributed by atoms with Gasteiger partial charge in [-0.25, -0.2) is 4.57 Å². The molecule has 0 aromatic rings. The highest BCUT2D eigenvalue weighted by molar-refractivity contribution is 7.46. The lowest BCUT2D eigenvalue weighted by Gasteiger charge is -2.07. The summed E-state index contributed by atoms with van der Waals surface area (Å²) in [6.07, 6.45) is 14.4. The fourth-order valence-corrected chi connectivity index (χ4v) is 2.74. The van der Waals surface area contributed by atoms with Gasteiger partial charge in [0, 0.05) is 7.11 Å². The number of nitrogens with one attached hydrogen (secondary N) is 1. The zero-order chi connectivity index (χ0) is 25.8. The fraction of sp³-hybridized carbons (Fsp3) is 0.955. The summed E-state index contributed by atoms with van der Waals surface area (Å²) in [6.45, 7) is 5.93. The van der Waals surface area contributed by atoms with Crippen LogP contribution in [0.25, 0.3) is 0 Å². The highest BCUT2D eigenvalue weighted by atomic mass is 31.2. The van der Waals surface area contributed by atoms with E-state index in [1.807, 2.05) is 0 Å². The van der Waals surface area contributed by atoms with E-state index in [-0.39, 0.29) is 6.42 Å². The summed E-state index contributed by atoms with van der Waals surface area (Å²) >= 11 is 0. The van der Waals surface area contributed by atoms with E-state index in [4.69, 9.17) is 26.4 Å². The third-order valence-corrected chi connectivity index (χ3v) is 5.13. The van der Waals surface area contributed by atoms with Gasteiger partial charge < -0.3 is 36.8 Å². The van der Waals surface area contributed by atoms with Crippen LogP contribution in [-0.4, -0.2) is 65.4 Å². The number of aliphatic hydroxyl groups excluding tert-OH is 1. The summed E-state index contributed by atoms with van der Waals surface area (Å²) in [5.41, 5.74) is 10.6. The van der Waals surface area contributed by atoms with Crippen molar-refractivity contribution in [2.45, 2.75) is 103 Å². The van der Waals surface area contributed by atoms with Crippen molar-refractivity contribution < 1.29 is 33.9 Å². The average molecular weight is 502 g/mol. The Bertz CT molecular complexity index is 432. The lowest BCUT2D eigenvalue weighted by Crippen LogP contribution is -2.19. The van der Waals surface area contributed by atoms with E-state index < -0.39 is 19.9 Å². The topological polar surface area (TPSA) is 188 Å². The van der Waals surface area contributed by atoms with Gasteiger partial charge in [0.05, 0.1) is 12.5 Å². The number of nitrogens with two attached hydrogens (primary N) is 2. The summed E-state index contributed by atoms with van der Waals surface area (Å²) in [5, 5.41) is 21.1. The maximum absolute atomic E-state index is 10.3. The summed E-state index contributed by atoms with van der Waals surface area (Å²) in [5.74, 6) is -0.909. The molecule has 0 fully saturated rings. The third kappa shape index (κ3) is 45.6. The van der Waals surface area contributed by atoms with Gasteiger partial charge in [0.2, 0.25) is 0 Å². The SMILES string of the molecule is CCCCCCCCCCCC(O)CC(=O)O.COP(=O)(O)O.NCCCCNCCCN. The molecule has 0 aliphatic rings. The van der Waals surface area contributed by atoms with Gasteiger partial charge in [0.15, 0.2) is 0 Å². The van der Waals surface area contributed by atoms with Crippen molar-refractivity contribution in [1.82, 2.24) is 5.32 Å². The number of aliphatic hydroxyl groups is 1. The summed E-state index contributed by atoms with van der Waals surface area (Å²) < 4.78 is 13.1. The first-order valence-corrected chi connectivity index (χ1v) is 13.8. The number of phosphoric ester groups is 1. The molecular weight excluding hydrogens is 449 g/mol. The van der Waals surface area contributed by atoms with Crippen LogP contribution in [0.3, 0.4) is 0 Å². The molecule has 0 spiro atoms. The molecule has 0 heterocycles. The molecule has 0 radical (unpaired) electrons. The van der Waals surface area contributed by atoms with Crippen molar-refractivity contribution in [3.05, 3.63) is 0 Å². The first kappa shape index (κ1) is 37.0. The smallest absolute Gasteiger partial charge is 0.469 e. The van der Waals surface area contributed by atoms with E-state index in [1.165, 1.54) is 51.4 Å². The van der Waals surface area contributed by atoms with E-state index in [0.29, 0.717) is 6.42 Å². The molecular formula is C22H52N3O7P. The van der Waals surface area contributed by atoms with Gasteiger partial charge in [-0.1, -0.05) is 64.7 Å². The molecule has 0 aliphatic carbocycles. The Morgan fingerprint density at radius 2 is 1.33 bits per heavy atom. The maximum atomic E-state index is 10.3. The molecule has 0 aromatic carbocycles. The van der Waals surface area contributed by atoms with Crippen LogP contribution in [0.1, 0.15) is 96.8 Å². The lowest BCUT2D eigenvalue weighted by atomic mass is 10.0. The van der Waals surface area contributed by atoms with E-state index >= 15 is 0 Å². The van der Waals surface area contributed by atoms with Crippen molar-refractivity contribution in [2.24, 2.45) is 11.5 Å². The van der Waals surface area contributed by atoms with Crippen LogP contribution in [0.5, 0.6) is 0 Å². The maximum Gasteiger partial charge on any atom is 0.469 e. The van der Waals surface area contributed by atoms with Gasteiger partial charge in [0.25, 0.3) is 0 Å². The molecule has 11 heteroatoms. The monoisotopic (exact) mass is 501 g/mol. The first-order valence-electron chi connectivity index (χ1n) is 12.3. The summed E-state index contributed by atoms with van der Waals surface area (Å²) in [7, 11) is -3.20. The molecule has 9 N–H and O–H groups in total. The molecule has 0 saturated carbocycles. The zero-order valence-corrected chi connectivity index (χ0v) is 21.8. The van der Waals surface area contributed by atoms with Gasteiger partial charge in [0.1, 0.15) is 0 Å². The van der Waals surface area contributed by atoms with Crippen LogP contribution in [0, 0.1) is 0 Å². The highest BCUT2D eigenvalue weighted by Gasteiger charge is 2.08. The average Bonchev–Trinajstić information content (AvgIpc) is 2.75. The number of unbranched alkanes of at least 4 members (excludes halogenated alkanes) is 9. The summed E-state index contributed by atoms with van der Waals surface area (Å²) in [6, 6.07) is 0. The minimum Gasteiger partial charge on any atom is -0.481 e. The molecule has 0 aromatic heterocycles. The number of hydrogen-bond acceptors (Lipinski definition) is 7. The largest absolute Gasteiger partial charge is 0.481 e. The van der Waals surface area contributed by atoms with E-state index in [2.05, 4.69) is 16.8 Å². The van der Waals surface area contributed by atoms with Crippen LogP contribution in [0.15, 0.2) is 0 Å². The van der Waals surface area contributed by atoms with Gasteiger partial charge in [-0.05, 0) is 51.9 Å². The highest BCUT2D eigenvalue weighted by Crippen LogP contribution is 2.33. The molecule has 0 aliphatic heterocycles. The van der Waals surface area contributed by atoms with Crippen molar-refractivity contribution in [3.8, 4) is 0 Å². The van der Waals surface area contributed by atoms with Crippen molar-refractivity contribution in [1.29, 1.82) is 0 Å². The second-order valence-corrected chi connectivity index (χ2v) is 9.28. The number of hydrogen-bond donors (Lipinski definition) is 7. The molecule has 1 atom stereocenters. The van der Waals surface area contributed by atoms with Crippen LogP contribution < -0.4 is 16.8 Å². The first-order chi connectivity index (χ1) is 15.6.